The highest BCUT2D eigenvalue weighted by molar-refractivity contribution is 9.10. The van der Waals surface area contributed by atoms with E-state index in [1.807, 2.05) is 6.07 Å². The highest BCUT2D eigenvalue weighted by Gasteiger charge is 2.45. The van der Waals surface area contributed by atoms with E-state index in [0.29, 0.717) is 11.6 Å². The molecule has 0 aromatic carbocycles. The standard InChI is InChI=1S/C13H15BrN2O/c1-9-4-5-13(6-9,8-15)12(17)11-3-2-10(14)7-16-11/h2-3,7,9,12,17H,4-6H2,1H3. The van der Waals surface area contributed by atoms with Crippen LogP contribution >= 0.6 is 15.9 Å². The molecule has 17 heavy (non-hydrogen) atoms. The van der Waals surface area contributed by atoms with E-state index in [-0.39, 0.29) is 0 Å². The van der Waals surface area contributed by atoms with Crippen molar-refractivity contribution in [3.05, 3.63) is 28.5 Å². The fourth-order valence-electron chi connectivity index (χ4n) is 2.57. The number of aliphatic hydroxyl groups excluding tert-OH is 1. The molecular formula is C13H15BrN2O. The first-order valence-corrected chi connectivity index (χ1v) is 6.57. The van der Waals surface area contributed by atoms with Crippen molar-refractivity contribution in [1.82, 2.24) is 4.98 Å². The molecule has 0 bridgehead atoms. The molecule has 3 unspecified atom stereocenters. The first-order chi connectivity index (χ1) is 8.07. The number of halogens is 1. The Labute approximate surface area is 110 Å². The molecule has 1 N–H and O–H groups in total. The lowest BCUT2D eigenvalue weighted by molar-refractivity contribution is 0.0610. The van der Waals surface area contributed by atoms with E-state index in [2.05, 4.69) is 33.9 Å². The minimum atomic E-state index is -0.787. The van der Waals surface area contributed by atoms with E-state index in [9.17, 15) is 10.4 Å². The molecule has 3 atom stereocenters. The molecule has 0 amide bonds. The van der Waals surface area contributed by atoms with Crippen LogP contribution in [0.4, 0.5) is 0 Å². The van der Waals surface area contributed by atoms with Gasteiger partial charge in [0.1, 0.15) is 6.10 Å². The summed E-state index contributed by atoms with van der Waals surface area (Å²) >= 11 is 3.31. The fraction of sp³-hybridized carbons (Fsp3) is 0.538. The van der Waals surface area contributed by atoms with Gasteiger partial charge in [-0.3, -0.25) is 4.98 Å². The van der Waals surface area contributed by atoms with Gasteiger partial charge in [-0.15, -0.1) is 0 Å². The molecule has 0 spiro atoms. The summed E-state index contributed by atoms with van der Waals surface area (Å²) in [6.07, 6.45) is 3.38. The number of nitrogens with zero attached hydrogens (tertiary/aromatic N) is 2. The number of hydrogen-bond acceptors (Lipinski definition) is 3. The molecular weight excluding hydrogens is 280 g/mol. The monoisotopic (exact) mass is 294 g/mol. The van der Waals surface area contributed by atoms with Gasteiger partial charge in [0.25, 0.3) is 0 Å². The topological polar surface area (TPSA) is 56.9 Å². The number of hydrogen-bond donors (Lipinski definition) is 1. The van der Waals surface area contributed by atoms with Crippen LogP contribution < -0.4 is 0 Å². The normalized spacial score (nSPS) is 29.9. The molecule has 1 aliphatic carbocycles. The zero-order valence-electron chi connectivity index (χ0n) is 9.73. The Morgan fingerprint density at radius 2 is 2.41 bits per heavy atom. The molecule has 0 saturated heterocycles. The molecule has 1 aromatic heterocycles. The predicted octanol–water partition coefficient (Wildman–Crippen LogP) is 3.21. The van der Waals surface area contributed by atoms with Gasteiger partial charge in [-0.2, -0.15) is 5.26 Å². The summed E-state index contributed by atoms with van der Waals surface area (Å²) in [7, 11) is 0. The smallest absolute Gasteiger partial charge is 0.114 e. The minimum absolute atomic E-state index is 0.500. The molecule has 1 saturated carbocycles. The van der Waals surface area contributed by atoms with E-state index < -0.39 is 11.5 Å². The lowest BCUT2D eigenvalue weighted by atomic mass is 9.79. The van der Waals surface area contributed by atoms with E-state index in [1.165, 1.54) is 0 Å². The number of nitriles is 1. The zero-order valence-corrected chi connectivity index (χ0v) is 11.3. The second kappa shape index (κ2) is 4.75. The molecule has 1 aliphatic rings. The molecule has 3 nitrogen and oxygen atoms in total. The summed E-state index contributed by atoms with van der Waals surface area (Å²) in [5.74, 6) is 0.500. The van der Waals surface area contributed by atoms with Crippen LogP contribution in [0.3, 0.4) is 0 Å². The number of rotatable bonds is 2. The van der Waals surface area contributed by atoms with Crippen LogP contribution in [0.2, 0.25) is 0 Å². The Morgan fingerprint density at radius 1 is 1.65 bits per heavy atom. The van der Waals surface area contributed by atoms with Crippen LogP contribution in [-0.4, -0.2) is 10.1 Å². The first kappa shape index (κ1) is 12.5. The molecule has 4 heteroatoms. The van der Waals surface area contributed by atoms with Crippen molar-refractivity contribution in [2.24, 2.45) is 11.3 Å². The maximum Gasteiger partial charge on any atom is 0.114 e. The van der Waals surface area contributed by atoms with Crippen LogP contribution in [-0.2, 0) is 0 Å². The lowest BCUT2D eigenvalue weighted by Gasteiger charge is -2.26. The maximum absolute atomic E-state index is 10.4. The fourth-order valence-corrected chi connectivity index (χ4v) is 2.81. The van der Waals surface area contributed by atoms with Crippen LogP contribution in [0.5, 0.6) is 0 Å². The summed E-state index contributed by atoms with van der Waals surface area (Å²) in [6, 6.07) is 5.94. The summed E-state index contributed by atoms with van der Waals surface area (Å²) in [5.41, 5.74) is -0.0656. The van der Waals surface area contributed by atoms with Gasteiger partial charge < -0.3 is 5.11 Å². The Hall–Kier alpha value is -0.920. The highest BCUT2D eigenvalue weighted by Crippen LogP contribution is 2.49. The molecule has 90 valence electrons. The van der Waals surface area contributed by atoms with Gasteiger partial charge in [-0.1, -0.05) is 6.92 Å². The molecule has 2 rings (SSSR count). The molecule has 0 radical (unpaired) electrons. The molecule has 0 aliphatic heterocycles. The SMILES string of the molecule is CC1CCC(C#N)(C(O)c2ccc(Br)cn2)C1. The van der Waals surface area contributed by atoms with Crippen LogP contribution in [0.25, 0.3) is 0 Å². The number of aliphatic hydroxyl groups is 1. The second-order valence-electron chi connectivity index (χ2n) is 4.92. The average Bonchev–Trinajstić information content (AvgIpc) is 2.72. The van der Waals surface area contributed by atoms with Gasteiger partial charge in [0.15, 0.2) is 0 Å². The van der Waals surface area contributed by atoms with E-state index in [1.54, 1.807) is 12.3 Å². The molecule has 1 aromatic rings. The highest BCUT2D eigenvalue weighted by atomic mass is 79.9. The van der Waals surface area contributed by atoms with Gasteiger partial charge in [-0.05, 0) is 53.2 Å². The Morgan fingerprint density at radius 3 is 2.88 bits per heavy atom. The van der Waals surface area contributed by atoms with Crippen LogP contribution in [0.1, 0.15) is 38.0 Å². The third-order valence-corrected chi connectivity index (χ3v) is 4.04. The van der Waals surface area contributed by atoms with E-state index >= 15 is 0 Å². The second-order valence-corrected chi connectivity index (χ2v) is 5.84. The van der Waals surface area contributed by atoms with Crippen LogP contribution in [0.15, 0.2) is 22.8 Å². The molecule has 1 fully saturated rings. The largest absolute Gasteiger partial charge is 0.385 e. The summed E-state index contributed by atoms with van der Waals surface area (Å²) in [4.78, 5) is 4.19. The third-order valence-electron chi connectivity index (χ3n) is 3.57. The Balaban J connectivity index is 2.27. The lowest BCUT2D eigenvalue weighted by Crippen LogP contribution is -2.25. The van der Waals surface area contributed by atoms with E-state index in [0.717, 1.165) is 23.7 Å². The summed E-state index contributed by atoms with van der Waals surface area (Å²) in [5, 5.41) is 19.8. The van der Waals surface area contributed by atoms with Crippen molar-refractivity contribution in [3.63, 3.8) is 0 Å². The van der Waals surface area contributed by atoms with Crippen molar-refractivity contribution >= 4 is 15.9 Å². The quantitative estimate of drug-likeness (QED) is 0.911. The maximum atomic E-state index is 10.4. The predicted molar refractivity (Wildman–Crippen MR) is 68.0 cm³/mol. The average molecular weight is 295 g/mol. The summed E-state index contributed by atoms with van der Waals surface area (Å²) < 4.78 is 0.874. The van der Waals surface area contributed by atoms with Gasteiger partial charge in [0.2, 0.25) is 0 Å². The Bertz CT molecular complexity index is 440. The van der Waals surface area contributed by atoms with Crippen LogP contribution in [0, 0.1) is 22.7 Å². The van der Waals surface area contributed by atoms with E-state index in [4.69, 9.17) is 0 Å². The first-order valence-electron chi connectivity index (χ1n) is 5.78. The number of aromatic nitrogens is 1. The minimum Gasteiger partial charge on any atom is -0.385 e. The zero-order chi connectivity index (χ0) is 12.5. The number of pyridine rings is 1. The molecule has 1 heterocycles. The van der Waals surface area contributed by atoms with Gasteiger partial charge in [0.05, 0.1) is 17.2 Å². The van der Waals surface area contributed by atoms with Crippen molar-refractivity contribution < 1.29 is 5.11 Å². The third kappa shape index (κ3) is 2.36. The summed E-state index contributed by atoms with van der Waals surface area (Å²) in [6.45, 7) is 2.13. The van der Waals surface area contributed by atoms with Crippen molar-refractivity contribution in [2.75, 3.05) is 0 Å². The van der Waals surface area contributed by atoms with Crippen molar-refractivity contribution in [2.45, 2.75) is 32.3 Å². The van der Waals surface area contributed by atoms with Crippen molar-refractivity contribution in [1.29, 1.82) is 5.26 Å². The van der Waals surface area contributed by atoms with Crippen molar-refractivity contribution in [3.8, 4) is 6.07 Å². The van der Waals surface area contributed by atoms with Gasteiger partial charge in [0, 0.05) is 10.7 Å². The van der Waals surface area contributed by atoms with Gasteiger partial charge >= 0.3 is 0 Å². The Kier molecular flexibility index (Phi) is 3.50. The van der Waals surface area contributed by atoms with Gasteiger partial charge in [-0.25, -0.2) is 0 Å².